The van der Waals surface area contributed by atoms with Crippen molar-refractivity contribution >= 4 is 26.7 Å². The topological polar surface area (TPSA) is 101 Å². The van der Waals surface area contributed by atoms with Gasteiger partial charge in [-0.15, -0.1) is 0 Å². The van der Waals surface area contributed by atoms with E-state index >= 15 is 0 Å². The summed E-state index contributed by atoms with van der Waals surface area (Å²) >= 11 is 0. The van der Waals surface area contributed by atoms with Gasteiger partial charge in [-0.3, -0.25) is 4.79 Å². The van der Waals surface area contributed by atoms with Gasteiger partial charge in [-0.05, 0) is 73.7 Å². The lowest BCUT2D eigenvalue weighted by atomic mass is 9.87. The molecule has 0 heterocycles. The van der Waals surface area contributed by atoms with E-state index in [0.717, 1.165) is 35.8 Å². The number of sulfonamides is 1. The average molecular weight is 466 g/mol. The minimum atomic E-state index is -3.93. The summed E-state index contributed by atoms with van der Waals surface area (Å²) in [5.41, 5.74) is 9.03. The van der Waals surface area contributed by atoms with Gasteiger partial charge in [0.05, 0.1) is 10.9 Å². The highest BCUT2D eigenvalue weighted by molar-refractivity contribution is 7.89. The lowest BCUT2D eigenvalue weighted by Gasteiger charge is -2.28. The molecular formula is C26H31N3O3S. The Morgan fingerprint density at radius 2 is 1.79 bits per heavy atom. The molecule has 7 heteroatoms. The molecule has 6 nitrogen and oxygen atoms in total. The molecular weight excluding hydrogens is 434 g/mol. The maximum Gasteiger partial charge on any atom is 0.241 e. The zero-order valence-electron chi connectivity index (χ0n) is 18.9. The Bertz CT molecular complexity index is 1260. The molecule has 1 amide bonds. The van der Waals surface area contributed by atoms with E-state index in [1.54, 1.807) is 18.2 Å². The molecule has 0 aromatic heterocycles. The molecule has 0 fully saturated rings. The van der Waals surface area contributed by atoms with Gasteiger partial charge in [-0.2, -0.15) is 4.72 Å². The number of benzene rings is 3. The normalized spacial score (nSPS) is 16.8. The fourth-order valence-electron chi connectivity index (χ4n) is 4.65. The minimum absolute atomic E-state index is 0.118. The van der Waals surface area contributed by atoms with Crippen LogP contribution in [-0.4, -0.2) is 26.9 Å². The number of nitrogens with two attached hydrogens (primary N) is 1. The van der Waals surface area contributed by atoms with Crippen LogP contribution in [0.4, 0.5) is 0 Å². The molecule has 0 bridgehead atoms. The van der Waals surface area contributed by atoms with E-state index in [1.807, 2.05) is 43.3 Å². The Balaban J connectivity index is 1.59. The number of fused-ring (bicyclic) bond motifs is 2. The first-order valence-electron chi connectivity index (χ1n) is 11.5. The monoisotopic (exact) mass is 465 g/mol. The largest absolute Gasteiger partial charge is 0.348 e. The molecule has 2 atom stereocenters. The summed E-state index contributed by atoms with van der Waals surface area (Å²) in [6.45, 7) is 2.33. The molecule has 1 unspecified atom stereocenters. The van der Waals surface area contributed by atoms with Gasteiger partial charge < -0.3 is 11.1 Å². The number of carbonyl (C=O) groups is 1. The molecule has 3 aromatic carbocycles. The number of rotatable bonds is 8. The lowest BCUT2D eigenvalue weighted by Crippen LogP contribution is -2.48. The van der Waals surface area contributed by atoms with Gasteiger partial charge in [-0.1, -0.05) is 54.6 Å². The van der Waals surface area contributed by atoms with Gasteiger partial charge >= 0.3 is 0 Å². The second-order valence-electron chi connectivity index (χ2n) is 8.68. The average Bonchev–Trinajstić information content (AvgIpc) is 2.82. The summed E-state index contributed by atoms with van der Waals surface area (Å²) in [4.78, 5) is 13.5. The Morgan fingerprint density at radius 3 is 2.58 bits per heavy atom. The van der Waals surface area contributed by atoms with Crippen molar-refractivity contribution in [2.75, 3.05) is 6.54 Å². The fraction of sp³-hybridized carbons (Fsp3) is 0.346. The summed E-state index contributed by atoms with van der Waals surface area (Å²) in [5.74, 6) is -0.315. The second kappa shape index (κ2) is 10.0. The maximum absolute atomic E-state index is 13.4. The highest BCUT2D eigenvalue weighted by atomic mass is 32.2. The molecule has 0 radical (unpaired) electrons. The van der Waals surface area contributed by atoms with Crippen LogP contribution in [0.5, 0.6) is 0 Å². The summed E-state index contributed by atoms with van der Waals surface area (Å²) in [6, 6.07) is 17.9. The minimum Gasteiger partial charge on any atom is -0.348 e. The molecule has 33 heavy (non-hydrogen) atoms. The smallest absolute Gasteiger partial charge is 0.241 e. The van der Waals surface area contributed by atoms with Crippen molar-refractivity contribution in [3.8, 4) is 0 Å². The molecule has 3 aromatic rings. The number of aryl methyl sites for hydroxylation is 2. The van der Waals surface area contributed by atoms with Crippen LogP contribution in [0.1, 0.15) is 48.4 Å². The number of carbonyl (C=O) groups excluding carboxylic acids is 1. The van der Waals surface area contributed by atoms with Crippen LogP contribution in [0.15, 0.2) is 65.6 Å². The number of hydrogen-bond donors (Lipinski definition) is 3. The van der Waals surface area contributed by atoms with E-state index in [4.69, 9.17) is 5.73 Å². The van der Waals surface area contributed by atoms with Crippen LogP contribution in [0.3, 0.4) is 0 Å². The third-order valence-electron chi connectivity index (χ3n) is 6.39. The van der Waals surface area contributed by atoms with Crippen LogP contribution in [0, 0.1) is 6.92 Å². The van der Waals surface area contributed by atoms with E-state index in [0.29, 0.717) is 24.8 Å². The summed E-state index contributed by atoms with van der Waals surface area (Å²) in [5, 5.41) is 4.62. The Labute approximate surface area is 195 Å². The van der Waals surface area contributed by atoms with E-state index in [2.05, 4.69) is 16.1 Å². The summed E-state index contributed by atoms with van der Waals surface area (Å²) < 4.78 is 29.5. The quantitative estimate of drug-likeness (QED) is 0.472. The Hall–Kier alpha value is -2.74. The van der Waals surface area contributed by atoms with Crippen LogP contribution in [0.25, 0.3) is 10.8 Å². The molecule has 1 aliphatic rings. The van der Waals surface area contributed by atoms with E-state index < -0.39 is 16.1 Å². The Kier molecular flexibility index (Phi) is 7.12. The highest BCUT2D eigenvalue weighted by Gasteiger charge is 2.29. The van der Waals surface area contributed by atoms with Gasteiger partial charge in [0.1, 0.15) is 6.04 Å². The molecule has 0 spiro atoms. The summed E-state index contributed by atoms with van der Waals surface area (Å²) in [7, 11) is -3.93. The van der Waals surface area contributed by atoms with Crippen LogP contribution in [0.2, 0.25) is 0 Å². The number of amides is 1. The molecule has 0 aliphatic heterocycles. The number of hydrogen-bond acceptors (Lipinski definition) is 4. The van der Waals surface area contributed by atoms with Gasteiger partial charge in [0, 0.05) is 5.39 Å². The molecule has 0 saturated carbocycles. The Morgan fingerprint density at radius 1 is 1.06 bits per heavy atom. The van der Waals surface area contributed by atoms with Crippen molar-refractivity contribution in [1.29, 1.82) is 0 Å². The lowest BCUT2D eigenvalue weighted by molar-refractivity contribution is -0.123. The van der Waals surface area contributed by atoms with Crippen LogP contribution < -0.4 is 15.8 Å². The summed E-state index contributed by atoms with van der Waals surface area (Å²) in [6.07, 6.45) is 3.68. The molecule has 1 aliphatic carbocycles. The van der Waals surface area contributed by atoms with Crippen molar-refractivity contribution in [1.82, 2.24) is 10.0 Å². The van der Waals surface area contributed by atoms with E-state index in [1.165, 1.54) is 5.56 Å². The second-order valence-corrected chi connectivity index (χ2v) is 10.4. The SMILES string of the molecule is Cc1ccc(S(=O)(=O)N[C@@H](CCCN)C(=O)NC2CCCc3ccccc32)c2ccccc12. The van der Waals surface area contributed by atoms with E-state index in [-0.39, 0.29) is 16.8 Å². The van der Waals surface area contributed by atoms with Crippen molar-refractivity contribution < 1.29 is 13.2 Å². The molecule has 4 N–H and O–H groups in total. The zero-order chi connectivity index (χ0) is 23.4. The molecule has 174 valence electrons. The first-order chi connectivity index (χ1) is 15.9. The van der Waals surface area contributed by atoms with Crippen molar-refractivity contribution in [2.24, 2.45) is 5.73 Å². The predicted molar refractivity (Wildman–Crippen MR) is 131 cm³/mol. The van der Waals surface area contributed by atoms with Crippen molar-refractivity contribution in [2.45, 2.75) is 56.0 Å². The van der Waals surface area contributed by atoms with E-state index in [9.17, 15) is 13.2 Å². The maximum atomic E-state index is 13.4. The van der Waals surface area contributed by atoms with Gasteiger partial charge in [0.15, 0.2) is 0 Å². The standard InChI is InChI=1S/C26H31N3O3S/c1-18-15-16-25(22-12-5-4-10-20(18)22)33(31,32)29-24(14-7-17-27)26(30)28-23-13-6-9-19-8-2-3-11-21(19)23/h2-5,8,10-12,15-16,23-24,29H,6-7,9,13-14,17,27H2,1H3,(H,28,30)/t23?,24-/m0/s1. The van der Waals surface area contributed by atoms with Crippen molar-refractivity contribution in [3.05, 3.63) is 77.4 Å². The van der Waals surface area contributed by atoms with Crippen LogP contribution in [-0.2, 0) is 21.2 Å². The molecule has 4 rings (SSSR count). The highest BCUT2D eigenvalue weighted by Crippen LogP contribution is 2.30. The van der Waals surface area contributed by atoms with Gasteiger partial charge in [0.2, 0.25) is 15.9 Å². The predicted octanol–water partition coefficient (Wildman–Crippen LogP) is 3.73. The number of nitrogens with one attached hydrogen (secondary N) is 2. The van der Waals surface area contributed by atoms with Crippen molar-refractivity contribution in [3.63, 3.8) is 0 Å². The third kappa shape index (κ3) is 5.11. The molecule has 0 saturated heterocycles. The first kappa shape index (κ1) is 23.4. The van der Waals surface area contributed by atoms with Gasteiger partial charge in [0.25, 0.3) is 0 Å². The third-order valence-corrected chi connectivity index (χ3v) is 7.92. The van der Waals surface area contributed by atoms with Crippen LogP contribution >= 0.6 is 0 Å². The fourth-order valence-corrected chi connectivity index (χ4v) is 6.09. The first-order valence-corrected chi connectivity index (χ1v) is 13.0. The zero-order valence-corrected chi connectivity index (χ0v) is 19.7. The van der Waals surface area contributed by atoms with Gasteiger partial charge in [-0.25, -0.2) is 8.42 Å².